The lowest BCUT2D eigenvalue weighted by atomic mass is 10.1. The van der Waals surface area contributed by atoms with Crippen LogP contribution in [0.15, 0.2) is 30.3 Å². The predicted molar refractivity (Wildman–Crippen MR) is 81.8 cm³/mol. The third-order valence-corrected chi connectivity index (χ3v) is 4.44. The molecule has 1 aromatic rings. The third kappa shape index (κ3) is 4.05. The zero-order chi connectivity index (χ0) is 14.5. The first-order valence-corrected chi connectivity index (χ1v) is 7.94. The maximum atomic E-state index is 11.3. The number of fused-ring (bicyclic) bond motifs is 1. The van der Waals surface area contributed by atoms with Crippen LogP contribution in [0.25, 0.3) is 0 Å². The van der Waals surface area contributed by atoms with Crippen molar-refractivity contribution in [2.45, 2.75) is 31.9 Å². The van der Waals surface area contributed by atoms with Crippen molar-refractivity contribution in [2.75, 3.05) is 26.2 Å². The van der Waals surface area contributed by atoms with Crippen LogP contribution in [-0.4, -0.2) is 43.1 Å². The SMILES string of the molecule is O=C1C[C@H]2CN(CCCCOCc3ccccc3)C[C@H]2N1. The summed E-state index contributed by atoms with van der Waals surface area (Å²) < 4.78 is 5.70. The second kappa shape index (κ2) is 7.05. The highest BCUT2D eigenvalue weighted by atomic mass is 16.5. The number of carbonyl (C=O) groups is 1. The summed E-state index contributed by atoms with van der Waals surface area (Å²) in [5.41, 5.74) is 1.24. The van der Waals surface area contributed by atoms with Gasteiger partial charge in [-0.1, -0.05) is 30.3 Å². The molecule has 1 N–H and O–H groups in total. The molecule has 2 fully saturated rings. The number of carbonyl (C=O) groups excluding carboxylic acids is 1. The molecule has 114 valence electrons. The van der Waals surface area contributed by atoms with Gasteiger partial charge in [-0.05, 0) is 24.9 Å². The van der Waals surface area contributed by atoms with Crippen LogP contribution in [0, 0.1) is 5.92 Å². The Bertz CT molecular complexity index is 447. The molecule has 1 amide bonds. The molecule has 0 aliphatic carbocycles. The normalized spacial score (nSPS) is 25.0. The lowest BCUT2D eigenvalue weighted by Crippen LogP contribution is -2.32. The molecule has 2 atom stereocenters. The summed E-state index contributed by atoms with van der Waals surface area (Å²) in [5, 5.41) is 3.07. The van der Waals surface area contributed by atoms with Gasteiger partial charge in [0.1, 0.15) is 0 Å². The van der Waals surface area contributed by atoms with Crippen LogP contribution in [0.1, 0.15) is 24.8 Å². The van der Waals surface area contributed by atoms with Crippen molar-refractivity contribution >= 4 is 5.91 Å². The van der Waals surface area contributed by atoms with Gasteiger partial charge < -0.3 is 15.0 Å². The number of nitrogens with one attached hydrogen (secondary N) is 1. The van der Waals surface area contributed by atoms with Gasteiger partial charge in [0.05, 0.1) is 6.61 Å². The van der Waals surface area contributed by atoms with Crippen molar-refractivity contribution in [2.24, 2.45) is 5.92 Å². The molecule has 0 aromatic heterocycles. The second-order valence-corrected chi connectivity index (χ2v) is 6.14. The Hall–Kier alpha value is -1.39. The summed E-state index contributed by atoms with van der Waals surface area (Å²) in [6.45, 7) is 4.76. The monoisotopic (exact) mass is 288 g/mol. The molecule has 2 heterocycles. The van der Waals surface area contributed by atoms with E-state index >= 15 is 0 Å². The van der Waals surface area contributed by atoms with Gasteiger partial charge in [-0.25, -0.2) is 0 Å². The minimum Gasteiger partial charge on any atom is -0.377 e. The van der Waals surface area contributed by atoms with Gasteiger partial charge in [0.15, 0.2) is 0 Å². The van der Waals surface area contributed by atoms with Crippen molar-refractivity contribution in [3.8, 4) is 0 Å². The van der Waals surface area contributed by atoms with Gasteiger partial charge in [0.25, 0.3) is 0 Å². The Morgan fingerprint density at radius 2 is 2.05 bits per heavy atom. The molecule has 2 aliphatic heterocycles. The Morgan fingerprint density at radius 3 is 2.86 bits per heavy atom. The number of rotatable bonds is 7. The summed E-state index contributed by atoms with van der Waals surface area (Å²) in [6, 6.07) is 10.7. The fourth-order valence-electron chi connectivity index (χ4n) is 3.32. The van der Waals surface area contributed by atoms with Crippen LogP contribution >= 0.6 is 0 Å². The zero-order valence-electron chi connectivity index (χ0n) is 12.5. The lowest BCUT2D eigenvalue weighted by molar-refractivity contribution is -0.119. The molecule has 0 spiro atoms. The first kappa shape index (κ1) is 14.5. The molecule has 3 rings (SSSR count). The number of benzene rings is 1. The Morgan fingerprint density at radius 1 is 1.19 bits per heavy atom. The molecule has 2 saturated heterocycles. The molecule has 2 aliphatic rings. The Balaban J connectivity index is 1.24. The van der Waals surface area contributed by atoms with E-state index in [1.165, 1.54) is 12.0 Å². The van der Waals surface area contributed by atoms with Crippen molar-refractivity contribution in [1.29, 1.82) is 0 Å². The highest BCUT2D eigenvalue weighted by Gasteiger charge is 2.39. The second-order valence-electron chi connectivity index (χ2n) is 6.14. The first-order valence-electron chi connectivity index (χ1n) is 7.94. The number of nitrogens with zero attached hydrogens (tertiary/aromatic N) is 1. The molecule has 4 nitrogen and oxygen atoms in total. The average molecular weight is 288 g/mol. The van der Waals surface area contributed by atoms with Gasteiger partial charge in [-0.15, -0.1) is 0 Å². The number of hydrogen-bond acceptors (Lipinski definition) is 3. The molecule has 21 heavy (non-hydrogen) atoms. The summed E-state index contributed by atoms with van der Waals surface area (Å²) in [4.78, 5) is 13.7. The van der Waals surface area contributed by atoms with Crippen molar-refractivity contribution in [1.82, 2.24) is 10.2 Å². The number of hydrogen-bond donors (Lipinski definition) is 1. The molecule has 0 unspecified atom stereocenters. The van der Waals surface area contributed by atoms with Crippen LogP contribution in [-0.2, 0) is 16.1 Å². The van der Waals surface area contributed by atoms with Crippen LogP contribution < -0.4 is 5.32 Å². The Kier molecular flexibility index (Phi) is 4.88. The minimum atomic E-state index is 0.235. The van der Waals surface area contributed by atoms with Gasteiger partial charge in [0, 0.05) is 38.1 Å². The standard InChI is InChI=1S/C17H24N2O2/c20-17-10-15-11-19(12-16(15)18-17)8-4-5-9-21-13-14-6-2-1-3-7-14/h1-3,6-7,15-16H,4-5,8-13H2,(H,18,20)/t15-,16+/m0/s1. The highest BCUT2D eigenvalue weighted by Crippen LogP contribution is 2.25. The van der Waals surface area contributed by atoms with E-state index in [0.29, 0.717) is 18.6 Å². The van der Waals surface area contributed by atoms with Crippen molar-refractivity contribution in [3.63, 3.8) is 0 Å². The first-order chi connectivity index (χ1) is 10.3. The lowest BCUT2D eigenvalue weighted by Gasteiger charge is -2.16. The zero-order valence-corrected chi connectivity index (χ0v) is 12.5. The summed E-state index contributed by atoms with van der Waals surface area (Å²) in [6.07, 6.45) is 2.99. The van der Waals surface area contributed by atoms with Crippen LogP contribution in [0.4, 0.5) is 0 Å². The summed E-state index contributed by atoms with van der Waals surface area (Å²) in [7, 11) is 0. The minimum absolute atomic E-state index is 0.235. The Labute approximate surface area is 126 Å². The fourth-order valence-corrected chi connectivity index (χ4v) is 3.32. The number of likely N-dealkylation sites (tertiary alicyclic amines) is 1. The van der Waals surface area contributed by atoms with E-state index in [9.17, 15) is 4.79 Å². The van der Waals surface area contributed by atoms with E-state index in [1.807, 2.05) is 18.2 Å². The van der Waals surface area contributed by atoms with Crippen molar-refractivity contribution < 1.29 is 9.53 Å². The van der Waals surface area contributed by atoms with Crippen LogP contribution in [0.2, 0.25) is 0 Å². The molecular weight excluding hydrogens is 264 g/mol. The largest absolute Gasteiger partial charge is 0.377 e. The van der Waals surface area contributed by atoms with E-state index in [0.717, 1.165) is 39.1 Å². The molecule has 0 radical (unpaired) electrons. The molecule has 1 aromatic carbocycles. The van der Waals surface area contributed by atoms with Crippen LogP contribution in [0.5, 0.6) is 0 Å². The van der Waals surface area contributed by atoms with E-state index in [1.54, 1.807) is 0 Å². The summed E-state index contributed by atoms with van der Waals surface area (Å²) >= 11 is 0. The third-order valence-electron chi connectivity index (χ3n) is 4.44. The molecule has 4 heteroatoms. The predicted octanol–water partition coefficient (Wildman–Crippen LogP) is 1.80. The van der Waals surface area contributed by atoms with E-state index in [-0.39, 0.29) is 5.91 Å². The smallest absolute Gasteiger partial charge is 0.220 e. The molecule has 0 saturated carbocycles. The average Bonchev–Trinajstić information content (AvgIpc) is 3.00. The van der Waals surface area contributed by atoms with E-state index < -0.39 is 0 Å². The van der Waals surface area contributed by atoms with Gasteiger partial charge in [-0.2, -0.15) is 0 Å². The highest BCUT2D eigenvalue weighted by molar-refractivity contribution is 5.79. The van der Waals surface area contributed by atoms with E-state index in [4.69, 9.17) is 4.74 Å². The maximum absolute atomic E-state index is 11.3. The number of unbranched alkanes of at least 4 members (excludes halogenated alkanes) is 1. The van der Waals surface area contributed by atoms with E-state index in [2.05, 4.69) is 22.3 Å². The maximum Gasteiger partial charge on any atom is 0.220 e. The molecule has 0 bridgehead atoms. The van der Waals surface area contributed by atoms with Crippen LogP contribution in [0.3, 0.4) is 0 Å². The number of ether oxygens (including phenoxy) is 1. The number of amides is 1. The van der Waals surface area contributed by atoms with Crippen molar-refractivity contribution in [3.05, 3.63) is 35.9 Å². The van der Waals surface area contributed by atoms with Gasteiger partial charge >= 0.3 is 0 Å². The van der Waals surface area contributed by atoms with Gasteiger partial charge in [0.2, 0.25) is 5.91 Å². The topological polar surface area (TPSA) is 41.6 Å². The molecular formula is C17H24N2O2. The quantitative estimate of drug-likeness (QED) is 0.778. The summed E-state index contributed by atoms with van der Waals surface area (Å²) in [5.74, 6) is 0.783. The fraction of sp³-hybridized carbons (Fsp3) is 0.588. The van der Waals surface area contributed by atoms with Gasteiger partial charge in [-0.3, -0.25) is 4.79 Å².